The number of rotatable bonds is 5. The van der Waals surface area contributed by atoms with Gasteiger partial charge in [-0.15, -0.1) is 0 Å². The van der Waals surface area contributed by atoms with Crippen molar-refractivity contribution in [2.45, 2.75) is 37.5 Å². The maximum atomic E-state index is 13.3. The van der Waals surface area contributed by atoms with Crippen LogP contribution < -0.4 is 14.8 Å². The quantitative estimate of drug-likeness (QED) is 0.689. The van der Waals surface area contributed by atoms with Gasteiger partial charge in [0, 0.05) is 23.6 Å². The van der Waals surface area contributed by atoms with E-state index < -0.39 is 5.41 Å². The number of benzene rings is 2. The molecule has 1 aromatic heterocycles. The molecular formula is C24H26N2O3. The molecule has 2 N–H and O–H groups in total. The Morgan fingerprint density at radius 3 is 2.69 bits per heavy atom. The SMILES string of the molecule is O=C(NCCc1c[nH]c2ccccc12)C1(c2ccc3c(c2)OCCO3)CCCC1. The number of hydrogen-bond acceptors (Lipinski definition) is 3. The fraction of sp³-hybridized carbons (Fsp3) is 0.375. The minimum Gasteiger partial charge on any atom is -0.486 e. The molecule has 0 saturated heterocycles. The number of aromatic amines is 1. The van der Waals surface area contributed by atoms with E-state index >= 15 is 0 Å². The highest BCUT2D eigenvalue weighted by molar-refractivity contribution is 5.89. The number of carbonyl (C=O) groups is 1. The molecule has 1 amide bonds. The first-order chi connectivity index (χ1) is 14.3. The van der Waals surface area contributed by atoms with Crippen molar-refractivity contribution in [3.63, 3.8) is 0 Å². The predicted octanol–water partition coefficient (Wildman–Crippen LogP) is 4.11. The van der Waals surface area contributed by atoms with Crippen LogP contribution >= 0.6 is 0 Å². The summed E-state index contributed by atoms with van der Waals surface area (Å²) in [7, 11) is 0. The summed E-state index contributed by atoms with van der Waals surface area (Å²) in [6.07, 6.45) is 6.77. The molecule has 29 heavy (non-hydrogen) atoms. The van der Waals surface area contributed by atoms with Gasteiger partial charge in [0.1, 0.15) is 13.2 Å². The van der Waals surface area contributed by atoms with Crippen LogP contribution in [0.1, 0.15) is 36.8 Å². The third-order valence-corrected chi connectivity index (χ3v) is 6.34. The van der Waals surface area contributed by atoms with Gasteiger partial charge in [0.25, 0.3) is 0 Å². The molecular weight excluding hydrogens is 364 g/mol. The lowest BCUT2D eigenvalue weighted by atomic mass is 9.77. The number of aromatic nitrogens is 1. The molecule has 5 rings (SSSR count). The maximum Gasteiger partial charge on any atom is 0.230 e. The van der Waals surface area contributed by atoms with E-state index in [4.69, 9.17) is 9.47 Å². The molecule has 1 aliphatic carbocycles. The normalized spacial score (nSPS) is 17.4. The van der Waals surface area contributed by atoms with Crippen LogP contribution in [0.3, 0.4) is 0 Å². The highest BCUT2D eigenvalue weighted by Gasteiger charge is 2.43. The van der Waals surface area contributed by atoms with Crippen molar-refractivity contribution in [3.8, 4) is 11.5 Å². The van der Waals surface area contributed by atoms with E-state index in [1.54, 1.807) is 0 Å². The largest absolute Gasteiger partial charge is 0.486 e. The molecule has 1 saturated carbocycles. The van der Waals surface area contributed by atoms with Gasteiger partial charge in [0.2, 0.25) is 5.91 Å². The number of hydrogen-bond donors (Lipinski definition) is 2. The zero-order valence-electron chi connectivity index (χ0n) is 16.5. The van der Waals surface area contributed by atoms with Crippen LogP contribution in [0.25, 0.3) is 10.9 Å². The van der Waals surface area contributed by atoms with Gasteiger partial charge in [0.05, 0.1) is 5.41 Å². The van der Waals surface area contributed by atoms with Gasteiger partial charge in [-0.2, -0.15) is 0 Å². The predicted molar refractivity (Wildman–Crippen MR) is 113 cm³/mol. The van der Waals surface area contributed by atoms with Gasteiger partial charge in [-0.3, -0.25) is 4.79 Å². The lowest BCUT2D eigenvalue weighted by Gasteiger charge is -2.30. The molecule has 0 spiro atoms. The molecule has 2 aromatic carbocycles. The van der Waals surface area contributed by atoms with Crippen LogP contribution in [0.5, 0.6) is 11.5 Å². The molecule has 150 valence electrons. The van der Waals surface area contributed by atoms with E-state index in [2.05, 4.69) is 22.4 Å². The van der Waals surface area contributed by atoms with E-state index in [9.17, 15) is 4.79 Å². The van der Waals surface area contributed by atoms with Crippen molar-refractivity contribution in [2.75, 3.05) is 19.8 Å². The fourth-order valence-electron chi connectivity index (χ4n) is 4.78. The van der Waals surface area contributed by atoms with E-state index in [0.717, 1.165) is 54.7 Å². The minimum atomic E-state index is -0.462. The Balaban J connectivity index is 1.32. The number of nitrogens with one attached hydrogen (secondary N) is 2. The molecule has 3 aromatic rings. The van der Waals surface area contributed by atoms with E-state index in [1.807, 2.05) is 36.5 Å². The Bertz CT molecular complexity index is 1030. The van der Waals surface area contributed by atoms with Crippen LogP contribution in [0.4, 0.5) is 0 Å². The summed E-state index contributed by atoms with van der Waals surface area (Å²) in [5.41, 5.74) is 2.96. The second-order valence-corrected chi connectivity index (χ2v) is 8.01. The third-order valence-electron chi connectivity index (χ3n) is 6.34. The average Bonchev–Trinajstić information content (AvgIpc) is 3.42. The molecule has 1 fully saturated rings. The smallest absolute Gasteiger partial charge is 0.230 e. The van der Waals surface area contributed by atoms with Crippen LogP contribution in [-0.4, -0.2) is 30.6 Å². The standard InChI is InChI=1S/C24H26N2O3/c27-23(25-12-9-17-16-26-20-6-2-1-5-19(17)20)24(10-3-4-11-24)18-7-8-21-22(15-18)29-14-13-28-21/h1-2,5-8,15-16,26H,3-4,9-14H2,(H,25,27). The number of para-hydroxylation sites is 1. The number of amides is 1. The van der Waals surface area contributed by atoms with Gasteiger partial charge in [0.15, 0.2) is 11.5 Å². The summed E-state index contributed by atoms with van der Waals surface area (Å²) in [4.78, 5) is 16.6. The van der Waals surface area contributed by atoms with Crippen LogP contribution in [-0.2, 0) is 16.6 Å². The molecule has 0 atom stereocenters. The number of fused-ring (bicyclic) bond motifs is 2. The molecule has 0 bridgehead atoms. The maximum absolute atomic E-state index is 13.3. The number of H-pyrrole nitrogens is 1. The van der Waals surface area contributed by atoms with Crippen molar-refractivity contribution in [3.05, 3.63) is 59.8 Å². The molecule has 2 heterocycles. The fourth-order valence-corrected chi connectivity index (χ4v) is 4.78. The molecule has 1 aliphatic heterocycles. The highest BCUT2D eigenvalue weighted by atomic mass is 16.6. The van der Waals surface area contributed by atoms with E-state index in [0.29, 0.717) is 19.8 Å². The molecule has 5 nitrogen and oxygen atoms in total. The summed E-state index contributed by atoms with van der Waals surface area (Å²) in [5.74, 6) is 1.66. The average molecular weight is 390 g/mol. The Morgan fingerprint density at radius 2 is 1.83 bits per heavy atom. The lowest BCUT2D eigenvalue weighted by molar-refractivity contribution is -0.126. The van der Waals surface area contributed by atoms with Crippen LogP contribution in [0, 0.1) is 0 Å². The van der Waals surface area contributed by atoms with Gasteiger partial charge in [-0.05, 0) is 48.6 Å². The van der Waals surface area contributed by atoms with Crippen molar-refractivity contribution in [1.82, 2.24) is 10.3 Å². The highest BCUT2D eigenvalue weighted by Crippen LogP contribution is 2.44. The van der Waals surface area contributed by atoms with Crippen LogP contribution in [0.2, 0.25) is 0 Å². The Kier molecular flexibility index (Phi) is 4.66. The van der Waals surface area contributed by atoms with Crippen molar-refractivity contribution < 1.29 is 14.3 Å². The third kappa shape index (κ3) is 3.24. The monoisotopic (exact) mass is 390 g/mol. The Hall–Kier alpha value is -2.95. The van der Waals surface area contributed by atoms with E-state index in [1.165, 1.54) is 10.9 Å². The van der Waals surface area contributed by atoms with E-state index in [-0.39, 0.29) is 5.91 Å². The first kappa shape index (κ1) is 18.1. The summed E-state index contributed by atoms with van der Waals surface area (Å²) in [6, 6.07) is 14.3. The summed E-state index contributed by atoms with van der Waals surface area (Å²) in [5, 5.41) is 4.45. The topological polar surface area (TPSA) is 63.4 Å². The first-order valence-corrected chi connectivity index (χ1v) is 10.5. The zero-order chi connectivity index (χ0) is 19.7. The second kappa shape index (κ2) is 7.47. The summed E-state index contributed by atoms with van der Waals surface area (Å²) in [6.45, 7) is 1.76. The summed E-state index contributed by atoms with van der Waals surface area (Å²) < 4.78 is 11.4. The molecule has 0 unspecified atom stereocenters. The van der Waals surface area contributed by atoms with Crippen molar-refractivity contribution >= 4 is 16.8 Å². The van der Waals surface area contributed by atoms with Gasteiger partial charge >= 0.3 is 0 Å². The Morgan fingerprint density at radius 1 is 1.03 bits per heavy atom. The molecule has 5 heteroatoms. The molecule has 2 aliphatic rings. The van der Waals surface area contributed by atoms with Gasteiger partial charge < -0.3 is 19.8 Å². The lowest BCUT2D eigenvalue weighted by Crippen LogP contribution is -2.43. The zero-order valence-corrected chi connectivity index (χ0v) is 16.5. The van der Waals surface area contributed by atoms with Crippen molar-refractivity contribution in [2.24, 2.45) is 0 Å². The van der Waals surface area contributed by atoms with Gasteiger partial charge in [-0.25, -0.2) is 0 Å². The number of ether oxygens (including phenoxy) is 2. The summed E-state index contributed by atoms with van der Waals surface area (Å²) >= 11 is 0. The van der Waals surface area contributed by atoms with Crippen molar-refractivity contribution in [1.29, 1.82) is 0 Å². The minimum absolute atomic E-state index is 0.131. The molecule has 0 radical (unpaired) electrons. The second-order valence-electron chi connectivity index (χ2n) is 8.01. The first-order valence-electron chi connectivity index (χ1n) is 10.5. The van der Waals surface area contributed by atoms with Crippen LogP contribution in [0.15, 0.2) is 48.7 Å². The Labute approximate surface area is 170 Å². The number of carbonyl (C=O) groups excluding carboxylic acids is 1. The van der Waals surface area contributed by atoms with Gasteiger partial charge in [-0.1, -0.05) is 37.1 Å².